The number of nitrogens with two attached hydrogens (primary N) is 1. The third kappa shape index (κ3) is 4.17. The molecule has 1 amide bonds. The van der Waals surface area contributed by atoms with Crippen molar-refractivity contribution in [3.63, 3.8) is 0 Å². The van der Waals surface area contributed by atoms with Crippen LogP contribution in [0.2, 0.25) is 0 Å². The Hall–Kier alpha value is -2.35. The Kier molecular flexibility index (Phi) is 5.14. The zero-order chi connectivity index (χ0) is 20.8. The van der Waals surface area contributed by atoms with E-state index in [1.165, 1.54) is 12.3 Å². The Balaban J connectivity index is 1.60. The molecule has 1 aliphatic carbocycles. The van der Waals surface area contributed by atoms with Crippen LogP contribution in [0.1, 0.15) is 31.7 Å². The molecule has 1 aromatic carbocycles. The molecule has 1 aromatic heterocycles. The van der Waals surface area contributed by atoms with Gasteiger partial charge in [0, 0.05) is 36.4 Å². The number of fused-ring (bicyclic) bond motifs is 1. The summed E-state index contributed by atoms with van der Waals surface area (Å²) in [6.45, 7) is 3.32. The van der Waals surface area contributed by atoms with E-state index in [0.717, 1.165) is 25.3 Å². The molecule has 2 unspecified atom stereocenters. The van der Waals surface area contributed by atoms with E-state index < -0.39 is 17.8 Å². The van der Waals surface area contributed by atoms with Crippen LogP contribution in [0.15, 0.2) is 30.5 Å². The number of rotatable bonds is 4. The van der Waals surface area contributed by atoms with Crippen LogP contribution in [0.5, 0.6) is 0 Å². The van der Waals surface area contributed by atoms with Crippen molar-refractivity contribution in [3.8, 4) is 0 Å². The van der Waals surface area contributed by atoms with Gasteiger partial charge in [0.1, 0.15) is 0 Å². The fourth-order valence-corrected chi connectivity index (χ4v) is 4.28. The number of nitrogens with zero attached hydrogens (tertiary/aromatic N) is 2. The predicted octanol–water partition coefficient (Wildman–Crippen LogP) is 3.32. The number of nitrogens with one attached hydrogen (secondary N) is 1. The van der Waals surface area contributed by atoms with Crippen molar-refractivity contribution in [3.05, 3.63) is 36.0 Å². The predicted molar refractivity (Wildman–Crippen MR) is 105 cm³/mol. The SMILES string of the molecule is CC1C[C@@H](NC(=O)C(N)C2CC2)CN(c2ccc(C(F)(F)F)c3ncccc23)C1. The largest absolute Gasteiger partial charge is 0.418 e. The molecule has 2 fully saturated rings. The molecule has 0 bridgehead atoms. The van der Waals surface area contributed by atoms with E-state index in [2.05, 4.69) is 17.2 Å². The minimum absolute atomic E-state index is 0.0490. The van der Waals surface area contributed by atoms with Crippen molar-refractivity contribution in [1.82, 2.24) is 10.3 Å². The van der Waals surface area contributed by atoms with E-state index in [1.54, 1.807) is 12.1 Å². The van der Waals surface area contributed by atoms with Gasteiger partial charge in [0.05, 0.1) is 17.1 Å². The van der Waals surface area contributed by atoms with Crippen molar-refractivity contribution in [1.29, 1.82) is 0 Å². The number of anilines is 1. The molecule has 3 atom stereocenters. The number of piperidine rings is 1. The lowest BCUT2D eigenvalue weighted by molar-refractivity contribution is -0.136. The van der Waals surface area contributed by atoms with Crippen LogP contribution < -0.4 is 16.0 Å². The zero-order valence-electron chi connectivity index (χ0n) is 16.2. The highest BCUT2D eigenvalue weighted by Gasteiger charge is 2.36. The van der Waals surface area contributed by atoms with Crippen molar-refractivity contribution in [2.45, 2.75) is 44.4 Å². The highest BCUT2D eigenvalue weighted by Crippen LogP contribution is 2.38. The molecular weight excluding hydrogens is 381 g/mol. The van der Waals surface area contributed by atoms with Crippen LogP contribution in [0.25, 0.3) is 10.9 Å². The number of halogens is 3. The number of hydrogen-bond acceptors (Lipinski definition) is 4. The van der Waals surface area contributed by atoms with E-state index in [9.17, 15) is 18.0 Å². The van der Waals surface area contributed by atoms with Gasteiger partial charge in [-0.15, -0.1) is 0 Å². The molecule has 8 heteroatoms. The number of benzene rings is 1. The standard InChI is InChI=1S/C21H25F3N4O/c1-12-9-14(27-20(29)18(25)13-4-5-13)11-28(10-12)17-7-6-16(21(22,23)24)19-15(17)3-2-8-26-19/h2-3,6-8,12-14,18H,4-5,9-11,25H2,1H3,(H,27,29)/t12?,14-,18?/m1/s1. The maximum Gasteiger partial charge on any atom is 0.418 e. The Morgan fingerprint density at radius 1 is 1.28 bits per heavy atom. The number of alkyl halides is 3. The summed E-state index contributed by atoms with van der Waals surface area (Å²) in [5.74, 6) is 0.419. The molecule has 4 rings (SSSR count). The van der Waals surface area contributed by atoms with Crippen LogP contribution in [0, 0.1) is 11.8 Å². The van der Waals surface area contributed by atoms with Gasteiger partial charge in [-0.3, -0.25) is 9.78 Å². The normalized spacial score (nSPS) is 23.8. The van der Waals surface area contributed by atoms with E-state index in [1.807, 2.05) is 4.90 Å². The summed E-state index contributed by atoms with van der Waals surface area (Å²) >= 11 is 0. The molecule has 3 N–H and O–H groups in total. The molecule has 0 spiro atoms. The number of carbonyl (C=O) groups excluding carboxylic acids is 1. The first-order valence-electron chi connectivity index (χ1n) is 10.00. The molecule has 1 aliphatic heterocycles. The third-order valence-electron chi connectivity index (χ3n) is 5.83. The van der Waals surface area contributed by atoms with Gasteiger partial charge in [-0.2, -0.15) is 13.2 Å². The summed E-state index contributed by atoms with van der Waals surface area (Å²) in [5, 5.41) is 3.52. The molecule has 29 heavy (non-hydrogen) atoms. The van der Waals surface area contributed by atoms with Gasteiger partial charge in [-0.25, -0.2) is 0 Å². The van der Waals surface area contributed by atoms with Crippen molar-refractivity contribution >= 4 is 22.5 Å². The fourth-order valence-electron chi connectivity index (χ4n) is 4.28. The second-order valence-corrected chi connectivity index (χ2v) is 8.34. The summed E-state index contributed by atoms with van der Waals surface area (Å²) < 4.78 is 40.2. The Morgan fingerprint density at radius 3 is 2.72 bits per heavy atom. The minimum atomic E-state index is -4.46. The van der Waals surface area contributed by atoms with E-state index in [4.69, 9.17) is 5.73 Å². The number of hydrogen-bond donors (Lipinski definition) is 2. The molecule has 5 nitrogen and oxygen atoms in total. The van der Waals surface area contributed by atoms with Gasteiger partial charge >= 0.3 is 6.18 Å². The van der Waals surface area contributed by atoms with Gasteiger partial charge in [0.2, 0.25) is 5.91 Å². The lowest BCUT2D eigenvalue weighted by Gasteiger charge is -2.39. The van der Waals surface area contributed by atoms with Gasteiger partial charge in [-0.1, -0.05) is 6.92 Å². The first-order valence-corrected chi connectivity index (χ1v) is 10.00. The Labute approximate surface area is 167 Å². The molecule has 156 valence electrons. The lowest BCUT2D eigenvalue weighted by Crippen LogP contribution is -2.54. The van der Waals surface area contributed by atoms with E-state index in [-0.39, 0.29) is 29.3 Å². The monoisotopic (exact) mass is 406 g/mol. The second-order valence-electron chi connectivity index (χ2n) is 8.34. The summed E-state index contributed by atoms with van der Waals surface area (Å²) in [6.07, 6.45) is -0.284. The number of amides is 1. The van der Waals surface area contributed by atoms with Crippen LogP contribution in [-0.4, -0.2) is 36.1 Å². The second kappa shape index (κ2) is 7.48. The van der Waals surface area contributed by atoms with Crippen LogP contribution in [-0.2, 0) is 11.0 Å². The van der Waals surface area contributed by atoms with Gasteiger partial charge < -0.3 is 16.0 Å². The quantitative estimate of drug-likeness (QED) is 0.817. The molecule has 2 heterocycles. The van der Waals surface area contributed by atoms with Crippen LogP contribution >= 0.6 is 0 Å². The summed E-state index contributed by atoms with van der Waals surface area (Å²) in [6, 6.07) is 5.36. The molecule has 2 aromatic rings. The highest BCUT2D eigenvalue weighted by molar-refractivity contribution is 5.94. The molecular formula is C21H25F3N4O. The first-order chi connectivity index (χ1) is 13.7. The average molecular weight is 406 g/mol. The molecule has 1 saturated heterocycles. The van der Waals surface area contributed by atoms with Crippen molar-refractivity contribution in [2.24, 2.45) is 17.6 Å². The topological polar surface area (TPSA) is 71.2 Å². The van der Waals surface area contributed by atoms with Gasteiger partial charge in [-0.05, 0) is 55.4 Å². The van der Waals surface area contributed by atoms with Crippen LogP contribution in [0.4, 0.5) is 18.9 Å². The van der Waals surface area contributed by atoms with Crippen LogP contribution in [0.3, 0.4) is 0 Å². The molecule has 1 saturated carbocycles. The zero-order valence-corrected chi connectivity index (χ0v) is 16.2. The maximum absolute atomic E-state index is 13.4. The fraction of sp³-hybridized carbons (Fsp3) is 0.524. The molecule has 2 aliphatic rings. The van der Waals surface area contributed by atoms with Crippen molar-refractivity contribution in [2.75, 3.05) is 18.0 Å². The summed E-state index contributed by atoms with van der Waals surface area (Å²) in [5.41, 5.74) is 5.94. The number of carbonyl (C=O) groups is 1. The Bertz CT molecular complexity index is 912. The lowest BCUT2D eigenvalue weighted by atomic mass is 9.94. The summed E-state index contributed by atoms with van der Waals surface area (Å²) in [7, 11) is 0. The van der Waals surface area contributed by atoms with Crippen molar-refractivity contribution < 1.29 is 18.0 Å². The number of aromatic nitrogens is 1. The third-order valence-corrected chi connectivity index (χ3v) is 5.83. The smallest absolute Gasteiger partial charge is 0.369 e. The highest BCUT2D eigenvalue weighted by atomic mass is 19.4. The first kappa shape index (κ1) is 19.9. The maximum atomic E-state index is 13.4. The van der Waals surface area contributed by atoms with Gasteiger partial charge in [0.15, 0.2) is 0 Å². The average Bonchev–Trinajstić information content (AvgIpc) is 3.50. The Morgan fingerprint density at radius 2 is 2.03 bits per heavy atom. The summed E-state index contributed by atoms with van der Waals surface area (Å²) in [4.78, 5) is 18.5. The van der Waals surface area contributed by atoms with E-state index in [0.29, 0.717) is 24.2 Å². The minimum Gasteiger partial charge on any atom is -0.369 e. The van der Waals surface area contributed by atoms with Gasteiger partial charge in [0.25, 0.3) is 0 Å². The number of pyridine rings is 1. The molecule has 0 radical (unpaired) electrons. The van der Waals surface area contributed by atoms with E-state index >= 15 is 0 Å².